The first-order valence-corrected chi connectivity index (χ1v) is 5.02. The van der Waals surface area contributed by atoms with Gasteiger partial charge >= 0.3 is 0 Å². The number of nitrogens with one attached hydrogen (secondary N) is 1. The summed E-state index contributed by atoms with van der Waals surface area (Å²) in [5.74, 6) is 0.0189. The summed E-state index contributed by atoms with van der Waals surface area (Å²) in [6.07, 6.45) is 0. The molecular formula is C10H12FNOS. The minimum Gasteiger partial charge on any atom is -0.303 e. The van der Waals surface area contributed by atoms with Gasteiger partial charge in [0.05, 0.1) is 12.1 Å². The van der Waals surface area contributed by atoms with Crippen molar-refractivity contribution in [2.24, 2.45) is 0 Å². The van der Waals surface area contributed by atoms with Crippen LogP contribution in [0.15, 0.2) is 24.3 Å². The Labute approximate surface area is 87.2 Å². The third kappa shape index (κ3) is 2.56. The molecule has 0 aliphatic rings. The van der Waals surface area contributed by atoms with Gasteiger partial charge in [0, 0.05) is 5.56 Å². The molecule has 0 aliphatic carbocycles. The molecule has 1 rings (SSSR count). The van der Waals surface area contributed by atoms with E-state index in [1.54, 1.807) is 31.3 Å². The van der Waals surface area contributed by atoms with E-state index in [0.29, 0.717) is 5.56 Å². The number of hydrogen-bond acceptors (Lipinski definition) is 3. The summed E-state index contributed by atoms with van der Waals surface area (Å²) in [5, 5.41) is 2.45. The van der Waals surface area contributed by atoms with E-state index in [2.05, 4.69) is 5.32 Å². The van der Waals surface area contributed by atoms with Gasteiger partial charge in [0.2, 0.25) is 0 Å². The molecule has 0 heterocycles. The fraction of sp³-hybridized carbons (Fsp3) is 0.300. The van der Waals surface area contributed by atoms with Crippen LogP contribution in [0.2, 0.25) is 0 Å². The molecule has 76 valence electrons. The average molecular weight is 213 g/mol. The lowest BCUT2D eigenvalue weighted by molar-refractivity contribution is 0.101. The van der Waals surface area contributed by atoms with Gasteiger partial charge in [0.15, 0.2) is 5.78 Å². The third-order valence-electron chi connectivity index (χ3n) is 1.97. The lowest BCUT2D eigenvalue weighted by Gasteiger charge is -2.10. The highest BCUT2D eigenvalue weighted by Crippen LogP contribution is 2.26. The van der Waals surface area contributed by atoms with E-state index in [1.165, 1.54) is 6.92 Å². The molecule has 2 nitrogen and oxygen atoms in total. The Bertz CT molecular complexity index is 308. The van der Waals surface area contributed by atoms with Gasteiger partial charge in [-0.15, -0.1) is 0 Å². The second-order valence-electron chi connectivity index (χ2n) is 2.94. The maximum atomic E-state index is 12.4. The van der Waals surface area contributed by atoms with Gasteiger partial charge in [0.25, 0.3) is 0 Å². The van der Waals surface area contributed by atoms with Gasteiger partial charge in [0.1, 0.15) is 5.37 Å². The summed E-state index contributed by atoms with van der Waals surface area (Å²) >= 11 is 0.241. The van der Waals surface area contributed by atoms with E-state index in [9.17, 15) is 8.68 Å². The van der Waals surface area contributed by atoms with Crippen LogP contribution in [-0.4, -0.2) is 12.8 Å². The SMILES string of the molecule is CNC(SF)c1ccc(C(C)=O)cc1. The maximum Gasteiger partial charge on any atom is 0.159 e. The zero-order valence-corrected chi connectivity index (χ0v) is 8.90. The van der Waals surface area contributed by atoms with Crippen molar-refractivity contribution >= 4 is 17.9 Å². The van der Waals surface area contributed by atoms with E-state index >= 15 is 0 Å². The highest BCUT2D eigenvalue weighted by molar-refractivity contribution is 7.94. The zero-order chi connectivity index (χ0) is 10.6. The molecule has 14 heavy (non-hydrogen) atoms. The number of ketones is 1. The number of benzene rings is 1. The van der Waals surface area contributed by atoms with Gasteiger partial charge in [-0.1, -0.05) is 24.3 Å². The Morgan fingerprint density at radius 3 is 2.36 bits per heavy atom. The summed E-state index contributed by atoms with van der Waals surface area (Å²) in [5.41, 5.74) is 1.47. The number of Topliss-reactive ketones (excluding diaryl/α,β-unsaturated/α-hetero) is 1. The van der Waals surface area contributed by atoms with Crippen molar-refractivity contribution in [3.63, 3.8) is 0 Å². The van der Waals surface area contributed by atoms with Crippen LogP contribution in [0.4, 0.5) is 3.89 Å². The van der Waals surface area contributed by atoms with Crippen LogP contribution in [0.25, 0.3) is 0 Å². The highest BCUT2D eigenvalue weighted by Gasteiger charge is 2.09. The molecule has 0 radical (unpaired) electrons. The molecule has 0 fully saturated rings. The van der Waals surface area contributed by atoms with Gasteiger partial charge in [-0.3, -0.25) is 4.79 Å². The van der Waals surface area contributed by atoms with Crippen LogP contribution in [0.5, 0.6) is 0 Å². The molecule has 0 aromatic heterocycles. The summed E-state index contributed by atoms with van der Waals surface area (Å²) in [6.45, 7) is 1.51. The Kier molecular flexibility index (Phi) is 4.10. The van der Waals surface area contributed by atoms with Crippen molar-refractivity contribution in [3.05, 3.63) is 35.4 Å². The van der Waals surface area contributed by atoms with E-state index in [1.807, 2.05) is 0 Å². The number of halogens is 1. The lowest BCUT2D eigenvalue weighted by atomic mass is 10.1. The molecule has 1 unspecified atom stereocenters. The van der Waals surface area contributed by atoms with E-state index in [4.69, 9.17) is 0 Å². The quantitative estimate of drug-likeness (QED) is 0.616. The van der Waals surface area contributed by atoms with E-state index < -0.39 is 0 Å². The Morgan fingerprint density at radius 2 is 2.00 bits per heavy atom. The maximum absolute atomic E-state index is 12.4. The fourth-order valence-corrected chi connectivity index (χ4v) is 1.50. The highest BCUT2D eigenvalue weighted by atomic mass is 32.2. The minimum atomic E-state index is -0.365. The normalized spacial score (nSPS) is 12.5. The summed E-state index contributed by atoms with van der Waals surface area (Å²) in [4.78, 5) is 11.0. The molecule has 0 saturated heterocycles. The van der Waals surface area contributed by atoms with Crippen LogP contribution in [0, 0.1) is 0 Å². The van der Waals surface area contributed by atoms with E-state index in [-0.39, 0.29) is 23.3 Å². The summed E-state index contributed by atoms with van der Waals surface area (Å²) in [7, 11) is 1.69. The molecule has 0 amide bonds. The fourth-order valence-electron chi connectivity index (χ4n) is 1.16. The molecule has 1 aromatic rings. The topological polar surface area (TPSA) is 29.1 Å². The molecule has 1 atom stereocenters. The average Bonchev–Trinajstić information content (AvgIpc) is 2.20. The predicted octanol–water partition coefficient (Wildman–Crippen LogP) is 2.72. The Hall–Kier alpha value is -0.870. The zero-order valence-electron chi connectivity index (χ0n) is 8.08. The standard InChI is InChI=1S/C10H12FNOS/c1-7(13)8-3-5-9(6-4-8)10(12-2)14-11/h3-6,10,12H,1-2H3. The summed E-state index contributed by atoms with van der Waals surface area (Å²) in [6, 6.07) is 6.92. The lowest BCUT2D eigenvalue weighted by Crippen LogP contribution is -2.11. The van der Waals surface area contributed by atoms with Crippen molar-refractivity contribution in [1.29, 1.82) is 0 Å². The van der Waals surface area contributed by atoms with Crippen molar-refractivity contribution in [3.8, 4) is 0 Å². The summed E-state index contributed by atoms with van der Waals surface area (Å²) < 4.78 is 12.4. The van der Waals surface area contributed by atoms with Gasteiger partial charge < -0.3 is 5.32 Å². The van der Waals surface area contributed by atoms with Crippen LogP contribution in [-0.2, 0) is 0 Å². The van der Waals surface area contributed by atoms with Crippen LogP contribution < -0.4 is 5.32 Å². The number of carbonyl (C=O) groups excluding carboxylic acids is 1. The second-order valence-corrected chi connectivity index (χ2v) is 3.59. The monoisotopic (exact) mass is 213 g/mol. The molecular weight excluding hydrogens is 201 g/mol. The number of hydrogen-bond donors (Lipinski definition) is 1. The molecule has 0 saturated carbocycles. The van der Waals surface area contributed by atoms with Gasteiger partial charge in [-0.05, 0) is 19.5 Å². The van der Waals surface area contributed by atoms with E-state index in [0.717, 1.165) is 5.56 Å². The van der Waals surface area contributed by atoms with Crippen LogP contribution in [0.3, 0.4) is 0 Å². The predicted molar refractivity (Wildman–Crippen MR) is 56.9 cm³/mol. The number of rotatable bonds is 4. The van der Waals surface area contributed by atoms with Gasteiger partial charge in [-0.25, -0.2) is 0 Å². The Balaban J connectivity index is 2.87. The third-order valence-corrected chi connectivity index (χ3v) is 2.66. The van der Waals surface area contributed by atoms with Crippen molar-refractivity contribution in [2.75, 3.05) is 7.05 Å². The Morgan fingerprint density at radius 1 is 1.43 bits per heavy atom. The van der Waals surface area contributed by atoms with Crippen LogP contribution in [0.1, 0.15) is 28.2 Å². The molecule has 0 aliphatic heterocycles. The largest absolute Gasteiger partial charge is 0.303 e. The first-order chi connectivity index (χ1) is 6.69. The van der Waals surface area contributed by atoms with Crippen molar-refractivity contribution in [1.82, 2.24) is 5.32 Å². The van der Waals surface area contributed by atoms with Crippen molar-refractivity contribution < 1.29 is 8.68 Å². The van der Waals surface area contributed by atoms with Crippen LogP contribution >= 0.6 is 12.1 Å². The minimum absolute atomic E-state index is 0.0189. The molecule has 1 N–H and O–H groups in total. The van der Waals surface area contributed by atoms with Crippen molar-refractivity contribution in [2.45, 2.75) is 12.3 Å². The second kappa shape index (κ2) is 5.12. The van der Waals surface area contributed by atoms with Gasteiger partial charge in [-0.2, -0.15) is 3.89 Å². The number of carbonyl (C=O) groups is 1. The molecule has 0 bridgehead atoms. The molecule has 1 aromatic carbocycles. The first kappa shape index (κ1) is 11.2. The molecule has 0 spiro atoms. The smallest absolute Gasteiger partial charge is 0.159 e. The molecule has 4 heteroatoms. The first-order valence-electron chi connectivity index (χ1n) is 4.24.